The molecule has 1 aromatic rings. The molecule has 1 aliphatic carbocycles. The van der Waals surface area contributed by atoms with Gasteiger partial charge in [0.2, 0.25) is 0 Å². The summed E-state index contributed by atoms with van der Waals surface area (Å²) in [6.45, 7) is 1.04. The first kappa shape index (κ1) is 11.5. The van der Waals surface area contributed by atoms with Crippen molar-refractivity contribution in [1.82, 2.24) is 15.3 Å². The zero-order valence-corrected chi connectivity index (χ0v) is 10.1. The first-order valence-corrected chi connectivity index (χ1v) is 6.38. The first-order chi connectivity index (χ1) is 7.90. The molecule has 2 rings (SSSR count). The minimum atomic E-state index is 0.994. The zero-order valence-electron chi connectivity index (χ0n) is 10.1. The van der Waals surface area contributed by atoms with Crippen LogP contribution in [0.15, 0.2) is 6.20 Å². The fourth-order valence-corrected chi connectivity index (χ4v) is 2.24. The van der Waals surface area contributed by atoms with Crippen molar-refractivity contribution in [2.45, 2.75) is 44.9 Å². The molecule has 16 heavy (non-hydrogen) atoms. The van der Waals surface area contributed by atoms with Crippen LogP contribution in [0.25, 0.3) is 0 Å². The molecule has 0 saturated carbocycles. The summed E-state index contributed by atoms with van der Waals surface area (Å²) in [5.41, 5.74) is 2.70. The molecule has 0 saturated heterocycles. The minimum absolute atomic E-state index is 0.994. The molecule has 0 bridgehead atoms. The summed E-state index contributed by atoms with van der Waals surface area (Å²) in [7, 11) is 1.98. The molecule has 1 N–H and O–H groups in total. The van der Waals surface area contributed by atoms with Gasteiger partial charge in [0.15, 0.2) is 0 Å². The smallest absolute Gasteiger partial charge is 0.128 e. The van der Waals surface area contributed by atoms with E-state index in [1.165, 1.54) is 36.9 Å². The maximum atomic E-state index is 4.71. The molecule has 1 aliphatic rings. The van der Waals surface area contributed by atoms with E-state index in [-0.39, 0.29) is 0 Å². The maximum absolute atomic E-state index is 4.71. The number of hydrogen-bond acceptors (Lipinski definition) is 3. The summed E-state index contributed by atoms with van der Waals surface area (Å²) >= 11 is 0. The van der Waals surface area contributed by atoms with E-state index in [2.05, 4.69) is 16.5 Å². The van der Waals surface area contributed by atoms with Gasteiger partial charge in [0.25, 0.3) is 0 Å². The minimum Gasteiger partial charge on any atom is -0.320 e. The SMILES string of the molecule is CNCCCc1ncc2c(n1)CCCCC2. The Bertz CT molecular complexity index is 336. The second kappa shape index (κ2) is 5.94. The monoisotopic (exact) mass is 219 g/mol. The highest BCUT2D eigenvalue weighted by Gasteiger charge is 2.10. The fraction of sp³-hybridized carbons (Fsp3) is 0.692. The van der Waals surface area contributed by atoms with Gasteiger partial charge in [0.1, 0.15) is 5.82 Å². The molecule has 1 aromatic heterocycles. The van der Waals surface area contributed by atoms with Crippen LogP contribution in [0.4, 0.5) is 0 Å². The van der Waals surface area contributed by atoms with Crippen molar-refractivity contribution < 1.29 is 0 Å². The van der Waals surface area contributed by atoms with Gasteiger partial charge in [0.05, 0.1) is 0 Å². The number of rotatable bonds is 4. The third kappa shape index (κ3) is 3.01. The van der Waals surface area contributed by atoms with Gasteiger partial charge in [0, 0.05) is 18.3 Å². The number of nitrogens with one attached hydrogen (secondary N) is 1. The van der Waals surface area contributed by atoms with E-state index < -0.39 is 0 Å². The number of nitrogens with zero attached hydrogens (tertiary/aromatic N) is 2. The van der Waals surface area contributed by atoms with E-state index in [1.54, 1.807) is 0 Å². The Kier molecular flexibility index (Phi) is 4.28. The maximum Gasteiger partial charge on any atom is 0.128 e. The average Bonchev–Trinajstić information content (AvgIpc) is 2.54. The van der Waals surface area contributed by atoms with Gasteiger partial charge in [-0.2, -0.15) is 0 Å². The predicted octanol–water partition coefficient (Wildman–Crippen LogP) is 1.90. The highest BCUT2D eigenvalue weighted by atomic mass is 14.9. The lowest BCUT2D eigenvalue weighted by Crippen LogP contribution is -2.10. The molecule has 0 atom stereocenters. The second-order valence-electron chi connectivity index (χ2n) is 4.53. The van der Waals surface area contributed by atoms with Crippen LogP contribution in [-0.2, 0) is 19.3 Å². The van der Waals surface area contributed by atoms with E-state index in [4.69, 9.17) is 4.98 Å². The van der Waals surface area contributed by atoms with Crippen LogP contribution < -0.4 is 5.32 Å². The molecule has 3 heteroatoms. The second-order valence-corrected chi connectivity index (χ2v) is 4.53. The quantitative estimate of drug-likeness (QED) is 0.621. The van der Waals surface area contributed by atoms with Crippen molar-refractivity contribution in [1.29, 1.82) is 0 Å². The van der Waals surface area contributed by atoms with Crippen LogP contribution in [0.5, 0.6) is 0 Å². The van der Waals surface area contributed by atoms with Gasteiger partial charge in [-0.1, -0.05) is 6.42 Å². The van der Waals surface area contributed by atoms with Crippen molar-refractivity contribution in [2.24, 2.45) is 0 Å². The molecule has 88 valence electrons. The molecule has 0 radical (unpaired) electrons. The summed E-state index contributed by atoms with van der Waals surface area (Å²) in [6, 6.07) is 0. The fourth-order valence-electron chi connectivity index (χ4n) is 2.24. The standard InChI is InChI=1S/C13H21N3/c1-14-9-5-8-13-15-10-11-6-3-2-4-7-12(11)16-13/h10,14H,2-9H2,1H3. The Morgan fingerprint density at radius 3 is 3.00 bits per heavy atom. The van der Waals surface area contributed by atoms with Gasteiger partial charge in [-0.3, -0.25) is 0 Å². The molecular weight excluding hydrogens is 198 g/mol. The van der Waals surface area contributed by atoms with Gasteiger partial charge in [-0.25, -0.2) is 9.97 Å². The van der Waals surface area contributed by atoms with Crippen molar-refractivity contribution in [2.75, 3.05) is 13.6 Å². The van der Waals surface area contributed by atoms with E-state index in [9.17, 15) is 0 Å². The van der Waals surface area contributed by atoms with E-state index in [0.717, 1.165) is 31.6 Å². The molecule has 3 nitrogen and oxygen atoms in total. The van der Waals surface area contributed by atoms with Crippen molar-refractivity contribution in [3.8, 4) is 0 Å². The Balaban J connectivity index is 2.02. The lowest BCUT2D eigenvalue weighted by atomic mass is 10.1. The normalized spacial score (nSPS) is 15.6. The topological polar surface area (TPSA) is 37.8 Å². The largest absolute Gasteiger partial charge is 0.320 e. The van der Waals surface area contributed by atoms with Crippen LogP contribution in [0.2, 0.25) is 0 Å². The highest BCUT2D eigenvalue weighted by molar-refractivity contribution is 5.19. The van der Waals surface area contributed by atoms with Crippen LogP contribution in [0, 0.1) is 0 Å². The predicted molar refractivity (Wildman–Crippen MR) is 65.5 cm³/mol. The summed E-state index contributed by atoms with van der Waals surface area (Å²) in [4.78, 5) is 9.17. The van der Waals surface area contributed by atoms with Crippen molar-refractivity contribution in [3.63, 3.8) is 0 Å². The van der Waals surface area contributed by atoms with Crippen LogP contribution >= 0.6 is 0 Å². The Morgan fingerprint density at radius 2 is 2.12 bits per heavy atom. The molecule has 0 spiro atoms. The molecule has 1 heterocycles. The summed E-state index contributed by atoms with van der Waals surface area (Å²) < 4.78 is 0. The van der Waals surface area contributed by atoms with E-state index in [1.807, 2.05) is 7.05 Å². The van der Waals surface area contributed by atoms with Crippen LogP contribution in [-0.4, -0.2) is 23.6 Å². The Morgan fingerprint density at radius 1 is 1.25 bits per heavy atom. The number of fused-ring (bicyclic) bond motifs is 1. The number of aromatic nitrogens is 2. The molecule has 0 fully saturated rings. The van der Waals surface area contributed by atoms with Gasteiger partial charge >= 0.3 is 0 Å². The highest BCUT2D eigenvalue weighted by Crippen LogP contribution is 2.18. The molecule has 0 aromatic carbocycles. The summed E-state index contributed by atoms with van der Waals surface area (Å²) in [6.07, 6.45) is 10.4. The van der Waals surface area contributed by atoms with Crippen molar-refractivity contribution >= 4 is 0 Å². The summed E-state index contributed by atoms with van der Waals surface area (Å²) in [5.74, 6) is 1.02. The molecule has 0 aliphatic heterocycles. The average molecular weight is 219 g/mol. The molecular formula is C13H21N3. The lowest BCUT2D eigenvalue weighted by molar-refractivity contribution is 0.692. The third-order valence-corrected chi connectivity index (χ3v) is 3.19. The third-order valence-electron chi connectivity index (χ3n) is 3.19. The Labute approximate surface area is 97.7 Å². The Hall–Kier alpha value is -0.960. The lowest BCUT2D eigenvalue weighted by Gasteiger charge is -2.06. The zero-order chi connectivity index (χ0) is 11.2. The van der Waals surface area contributed by atoms with Crippen molar-refractivity contribution in [3.05, 3.63) is 23.3 Å². The van der Waals surface area contributed by atoms with Gasteiger partial charge in [-0.15, -0.1) is 0 Å². The number of hydrogen-bond donors (Lipinski definition) is 1. The summed E-state index contributed by atoms with van der Waals surface area (Å²) in [5, 5.41) is 3.15. The van der Waals surface area contributed by atoms with E-state index in [0.29, 0.717) is 0 Å². The van der Waals surface area contributed by atoms with Crippen LogP contribution in [0.1, 0.15) is 42.8 Å². The van der Waals surface area contributed by atoms with E-state index >= 15 is 0 Å². The number of aryl methyl sites for hydroxylation is 3. The van der Waals surface area contributed by atoms with Crippen LogP contribution in [0.3, 0.4) is 0 Å². The molecule has 0 amide bonds. The first-order valence-electron chi connectivity index (χ1n) is 6.38. The van der Waals surface area contributed by atoms with Gasteiger partial charge in [-0.05, 0) is 51.3 Å². The van der Waals surface area contributed by atoms with Gasteiger partial charge < -0.3 is 5.32 Å². The molecule has 0 unspecified atom stereocenters.